The summed E-state index contributed by atoms with van der Waals surface area (Å²) in [6.45, 7) is 0.815. The molecule has 1 aromatic heterocycles. The summed E-state index contributed by atoms with van der Waals surface area (Å²) < 4.78 is 26.6. The monoisotopic (exact) mass is 260 g/mol. The second kappa shape index (κ2) is 3.66. The summed E-state index contributed by atoms with van der Waals surface area (Å²) in [5.74, 6) is 0.535. The Morgan fingerprint density at radius 3 is 3.06 bits per heavy atom. The van der Waals surface area contributed by atoms with Crippen LogP contribution >= 0.6 is 11.6 Å². The van der Waals surface area contributed by atoms with E-state index in [1.165, 1.54) is 0 Å². The highest BCUT2D eigenvalue weighted by Crippen LogP contribution is 2.44. The Labute approximate surface area is 102 Å². The van der Waals surface area contributed by atoms with E-state index in [0.29, 0.717) is 24.5 Å². The first-order valence-electron chi connectivity index (χ1n) is 5.46. The zero-order valence-electron chi connectivity index (χ0n) is 8.96. The fraction of sp³-hybridized carbons (Fsp3) is 0.600. The van der Waals surface area contributed by atoms with Crippen LogP contribution in [0, 0.1) is 0 Å². The molecule has 0 spiro atoms. The summed E-state index contributed by atoms with van der Waals surface area (Å²) >= 11 is 5.78. The molecule has 0 aliphatic carbocycles. The van der Waals surface area contributed by atoms with Gasteiger partial charge in [0.05, 0.1) is 5.69 Å². The number of aromatic nitrogens is 2. The minimum Gasteiger partial charge on any atom is -0.364 e. The molecule has 4 nitrogen and oxygen atoms in total. The molecule has 17 heavy (non-hydrogen) atoms. The molecule has 0 saturated carbocycles. The summed E-state index contributed by atoms with van der Waals surface area (Å²) in [6.07, 6.45) is -1.15. The summed E-state index contributed by atoms with van der Waals surface area (Å²) in [5, 5.41) is 10.8. The van der Waals surface area contributed by atoms with Gasteiger partial charge in [0.25, 0.3) is 6.43 Å². The molecule has 7 heteroatoms. The van der Waals surface area contributed by atoms with Crippen LogP contribution in [0.5, 0.6) is 0 Å². The molecule has 1 atom stereocenters. The van der Waals surface area contributed by atoms with Crippen LogP contribution in [0.3, 0.4) is 0 Å². The normalized spacial score (nSPS) is 26.7. The van der Waals surface area contributed by atoms with Gasteiger partial charge in [0.2, 0.25) is 0 Å². The fourth-order valence-electron chi connectivity index (χ4n) is 2.68. The van der Waals surface area contributed by atoms with Crippen molar-refractivity contribution in [1.82, 2.24) is 10.2 Å². The lowest BCUT2D eigenvalue weighted by Crippen LogP contribution is -2.57. The minimum atomic E-state index is -2.39. The average molecular weight is 261 g/mol. The topological polar surface area (TPSA) is 41.1 Å². The first kappa shape index (κ1) is 11.0. The number of anilines is 2. The smallest absolute Gasteiger partial charge is 0.263 e. The van der Waals surface area contributed by atoms with E-state index in [0.717, 1.165) is 6.42 Å². The van der Waals surface area contributed by atoms with Crippen LogP contribution in [0.15, 0.2) is 6.07 Å². The van der Waals surface area contributed by atoms with Gasteiger partial charge in [0.1, 0.15) is 5.54 Å². The third-order valence-corrected chi connectivity index (χ3v) is 3.72. The molecule has 1 N–H and O–H groups in total. The maximum absolute atomic E-state index is 13.3. The van der Waals surface area contributed by atoms with Gasteiger partial charge >= 0.3 is 0 Å². The highest BCUT2D eigenvalue weighted by atomic mass is 35.5. The lowest BCUT2D eigenvalue weighted by Gasteiger charge is -2.43. The van der Waals surface area contributed by atoms with Gasteiger partial charge in [-0.05, 0) is 12.8 Å². The van der Waals surface area contributed by atoms with Crippen LogP contribution in [0.25, 0.3) is 0 Å². The quantitative estimate of drug-likeness (QED) is 0.840. The molecule has 1 aromatic rings. The Morgan fingerprint density at radius 1 is 1.47 bits per heavy atom. The molecule has 2 aliphatic heterocycles. The fourth-order valence-corrected chi connectivity index (χ4v) is 2.82. The van der Waals surface area contributed by atoms with Gasteiger partial charge in [0, 0.05) is 19.2 Å². The van der Waals surface area contributed by atoms with Crippen molar-refractivity contribution in [3.05, 3.63) is 11.2 Å². The molecule has 2 aliphatic rings. The maximum Gasteiger partial charge on any atom is 0.263 e. The largest absolute Gasteiger partial charge is 0.364 e. The number of halogens is 3. The van der Waals surface area contributed by atoms with Crippen molar-refractivity contribution in [3.63, 3.8) is 0 Å². The maximum atomic E-state index is 13.3. The van der Waals surface area contributed by atoms with Crippen LogP contribution in [-0.4, -0.2) is 35.3 Å². The highest BCUT2D eigenvalue weighted by Gasteiger charge is 2.51. The minimum absolute atomic E-state index is 0.202. The third-order valence-electron chi connectivity index (χ3n) is 3.53. The van der Waals surface area contributed by atoms with Crippen LogP contribution in [0.2, 0.25) is 5.15 Å². The van der Waals surface area contributed by atoms with Crippen molar-refractivity contribution in [2.45, 2.75) is 24.8 Å². The Hall–Kier alpha value is -1.17. The Bertz CT molecular complexity index is 456. The summed E-state index contributed by atoms with van der Waals surface area (Å²) in [4.78, 5) is 1.73. The van der Waals surface area contributed by atoms with Crippen molar-refractivity contribution < 1.29 is 8.78 Å². The van der Waals surface area contributed by atoms with Crippen molar-refractivity contribution in [2.75, 3.05) is 23.3 Å². The van der Waals surface area contributed by atoms with Gasteiger partial charge < -0.3 is 10.2 Å². The number of hydrogen-bond acceptors (Lipinski definition) is 4. The van der Waals surface area contributed by atoms with Crippen molar-refractivity contribution in [1.29, 1.82) is 0 Å². The second-order valence-corrected chi connectivity index (χ2v) is 4.80. The summed E-state index contributed by atoms with van der Waals surface area (Å²) in [6, 6.07) is 1.60. The van der Waals surface area contributed by atoms with E-state index in [1.807, 2.05) is 0 Å². The molecular formula is C10H11ClF2N4. The van der Waals surface area contributed by atoms with Gasteiger partial charge in [-0.25, -0.2) is 8.78 Å². The molecule has 0 aromatic carbocycles. The molecule has 3 rings (SSSR count). The highest BCUT2D eigenvalue weighted by molar-refractivity contribution is 6.29. The predicted molar refractivity (Wildman–Crippen MR) is 60.8 cm³/mol. The molecule has 0 radical (unpaired) electrons. The zero-order chi connectivity index (χ0) is 12.0. The van der Waals surface area contributed by atoms with Crippen molar-refractivity contribution >= 4 is 23.1 Å². The van der Waals surface area contributed by atoms with Gasteiger partial charge in [-0.15, -0.1) is 10.2 Å². The molecule has 0 bridgehead atoms. The van der Waals surface area contributed by atoms with E-state index in [-0.39, 0.29) is 11.7 Å². The summed E-state index contributed by atoms with van der Waals surface area (Å²) in [7, 11) is 0. The lowest BCUT2D eigenvalue weighted by atomic mass is 9.94. The lowest BCUT2D eigenvalue weighted by molar-refractivity contribution is 0.0613. The molecule has 0 amide bonds. The van der Waals surface area contributed by atoms with Crippen molar-refractivity contribution in [2.24, 2.45) is 0 Å². The zero-order valence-corrected chi connectivity index (χ0v) is 9.71. The molecule has 92 valence electrons. The Kier molecular flexibility index (Phi) is 2.36. The van der Waals surface area contributed by atoms with E-state index in [4.69, 9.17) is 11.6 Å². The predicted octanol–water partition coefficient (Wildman–Crippen LogP) is 2.16. The van der Waals surface area contributed by atoms with Crippen LogP contribution in [-0.2, 0) is 0 Å². The van der Waals surface area contributed by atoms with Gasteiger partial charge in [-0.3, -0.25) is 0 Å². The van der Waals surface area contributed by atoms with E-state index >= 15 is 0 Å². The molecule has 0 unspecified atom stereocenters. The Morgan fingerprint density at radius 2 is 2.29 bits per heavy atom. The number of fused-ring (bicyclic) bond motifs is 3. The number of rotatable bonds is 1. The second-order valence-electron chi connectivity index (χ2n) is 4.41. The molecule has 1 saturated heterocycles. The van der Waals surface area contributed by atoms with Gasteiger partial charge in [0.15, 0.2) is 11.0 Å². The van der Waals surface area contributed by atoms with Crippen LogP contribution < -0.4 is 10.2 Å². The molecule has 1 fully saturated rings. The number of hydrogen-bond donors (Lipinski definition) is 1. The van der Waals surface area contributed by atoms with Gasteiger partial charge in [-0.1, -0.05) is 11.6 Å². The Balaban J connectivity index is 2.09. The number of alkyl halides is 2. The van der Waals surface area contributed by atoms with Crippen molar-refractivity contribution in [3.8, 4) is 0 Å². The third kappa shape index (κ3) is 1.46. The van der Waals surface area contributed by atoms with Gasteiger partial charge in [-0.2, -0.15) is 0 Å². The summed E-state index contributed by atoms with van der Waals surface area (Å²) in [5.41, 5.74) is -0.478. The van der Waals surface area contributed by atoms with E-state index in [2.05, 4.69) is 15.5 Å². The SMILES string of the molecule is FC(F)[C@]12CCCN1c1cc(Cl)nnc1NC2. The number of nitrogens with one attached hydrogen (secondary N) is 1. The van der Waals surface area contributed by atoms with E-state index in [9.17, 15) is 8.78 Å². The first-order chi connectivity index (χ1) is 8.13. The average Bonchev–Trinajstić information content (AvgIpc) is 2.74. The molecular weight excluding hydrogens is 250 g/mol. The van der Waals surface area contributed by atoms with Crippen LogP contribution in [0.4, 0.5) is 20.3 Å². The van der Waals surface area contributed by atoms with Crippen LogP contribution in [0.1, 0.15) is 12.8 Å². The first-order valence-corrected chi connectivity index (χ1v) is 5.84. The molecule has 3 heterocycles. The van der Waals surface area contributed by atoms with E-state index in [1.54, 1.807) is 11.0 Å². The number of nitrogens with zero attached hydrogens (tertiary/aromatic N) is 3. The van der Waals surface area contributed by atoms with E-state index < -0.39 is 12.0 Å². The standard InChI is InChI=1S/C10H11ClF2N4/c11-7-4-6-8(16-15-7)14-5-10(9(12)13)2-1-3-17(6)10/h4,9H,1-3,5H2,(H,14,16)/t10-/m1/s1.